The van der Waals surface area contributed by atoms with Crippen molar-refractivity contribution >= 4 is 11.8 Å². The summed E-state index contributed by atoms with van der Waals surface area (Å²) >= 11 is 0. The molecule has 0 saturated carbocycles. The predicted molar refractivity (Wildman–Crippen MR) is 142 cm³/mol. The van der Waals surface area contributed by atoms with Gasteiger partial charge in [-0.3, -0.25) is 14.5 Å². The molecule has 3 aromatic rings. The minimum atomic E-state index is -0.0782. The first-order chi connectivity index (χ1) is 17.3. The first-order valence-corrected chi connectivity index (χ1v) is 12.8. The van der Waals surface area contributed by atoms with Crippen molar-refractivity contribution in [2.24, 2.45) is 0 Å². The number of hydrogen-bond acceptors (Lipinski definition) is 4. The molecular formula is C30H37N3O3. The summed E-state index contributed by atoms with van der Waals surface area (Å²) in [6, 6.07) is 23.1. The van der Waals surface area contributed by atoms with E-state index in [2.05, 4.69) is 53.4 Å². The molecule has 1 aromatic heterocycles. The average Bonchev–Trinajstić information content (AvgIpc) is 3.23. The second-order valence-corrected chi connectivity index (χ2v) is 9.81. The Morgan fingerprint density at radius 1 is 0.889 bits per heavy atom. The molecule has 6 heteroatoms. The molecule has 2 aromatic carbocycles. The minimum absolute atomic E-state index is 0.00532. The van der Waals surface area contributed by atoms with Crippen molar-refractivity contribution in [2.45, 2.75) is 46.2 Å². The molecule has 190 valence electrons. The Morgan fingerprint density at radius 3 is 1.92 bits per heavy atom. The van der Waals surface area contributed by atoms with Crippen molar-refractivity contribution in [2.75, 3.05) is 32.7 Å². The molecule has 36 heavy (non-hydrogen) atoms. The minimum Gasteiger partial charge on any atom is -0.466 e. The van der Waals surface area contributed by atoms with Gasteiger partial charge in [0, 0.05) is 45.2 Å². The highest BCUT2D eigenvalue weighted by Gasteiger charge is 2.29. The maximum absolute atomic E-state index is 13.1. The number of furan rings is 1. The molecule has 2 amide bonds. The molecule has 0 bridgehead atoms. The van der Waals surface area contributed by atoms with Crippen molar-refractivity contribution < 1.29 is 14.0 Å². The fourth-order valence-electron chi connectivity index (χ4n) is 5.08. The van der Waals surface area contributed by atoms with Crippen LogP contribution in [-0.2, 0) is 4.79 Å². The number of carbonyl (C=O) groups is 2. The molecule has 6 nitrogen and oxygen atoms in total. The Balaban J connectivity index is 1.37. The third-order valence-electron chi connectivity index (χ3n) is 6.98. The molecule has 2 heterocycles. The summed E-state index contributed by atoms with van der Waals surface area (Å²) in [7, 11) is 0. The van der Waals surface area contributed by atoms with Crippen molar-refractivity contribution in [1.29, 1.82) is 0 Å². The molecule has 0 radical (unpaired) electrons. The van der Waals surface area contributed by atoms with Crippen molar-refractivity contribution in [3.63, 3.8) is 0 Å². The van der Waals surface area contributed by atoms with Crippen LogP contribution in [-0.4, -0.2) is 65.3 Å². The lowest BCUT2D eigenvalue weighted by Gasteiger charge is -2.40. The van der Waals surface area contributed by atoms with E-state index in [9.17, 15) is 9.59 Å². The molecule has 0 spiro atoms. The van der Waals surface area contributed by atoms with Gasteiger partial charge in [0.05, 0.1) is 11.6 Å². The number of aryl methyl sites for hydroxylation is 2. The van der Waals surface area contributed by atoms with E-state index >= 15 is 0 Å². The van der Waals surface area contributed by atoms with Gasteiger partial charge in [0.1, 0.15) is 11.5 Å². The summed E-state index contributed by atoms with van der Waals surface area (Å²) in [5.41, 5.74) is 3.11. The van der Waals surface area contributed by atoms with E-state index in [1.165, 1.54) is 11.1 Å². The highest BCUT2D eigenvalue weighted by atomic mass is 16.3. The second kappa shape index (κ2) is 11.6. The van der Waals surface area contributed by atoms with Gasteiger partial charge in [0.25, 0.3) is 5.91 Å². The number of nitrogens with zero attached hydrogens (tertiary/aromatic N) is 3. The number of carbonyl (C=O) groups excluding carboxylic acids is 2. The van der Waals surface area contributed by atoms with Crippen molar-refractivity contribution in [3.05, 3.63) is 94.9 Å². The van der Waals surface area contributed by atoms with Crippen LogP contribution in [0.1, 0.15) is 59.3 Å². The summed E-state index contributed by atoms with van der Waals surface area (Å²) in [6.07, 6.45) is 0.320. The fraction of sp³-hybridized carbons (Fsp3) is 0.400. The van der Waals surface area contributed by atoms with Gasteiger partial charge in [0.15, 0.2) is 0 Å². The Bertz CT molecular complexity index is 1110. The van der Waals surface area contributed by atoms with Gasteiger partial charge in [-0.15, -0.1) is 0 Å². The summed E-state index contributed by atoms with van der Waals surface area (Å²) < 4.78 is 5.55. The molecule has 0 atom stereocenters. The van der Waals surface area contributed by atoms with Gasteiger partial charge in [-0.1, -0.05) is 60.7 Å². The molecule has 1 aliphatic rings. The summed E-state index contributed by atoms with van der Waals surface area (Å²) in [4.78, 5) is 32.4. The number of rotatable bonds is 8. The van der Waals surface area contributed by atoms with E-state index in [-0.39, 0.29) is 23.9 Å². The Labute approximate surface area is 214 Å². The van der Waals surface area contributed by atoms with E-state index in [1.54, 1.807) is 11.0 Å². The van der Waals surface area contributed by atoms with Gasteiger partial charge in [-0.05, 0) is 44.9 Å². The van der Waals surface area contributed by atoms with Crippen LogP contribution in [0.5, 0.6) is 0 Å². The molecule has 1 fully saturated rings. The van der Waals surface area contributed by atoms with Gasteiger partial charge in [0.2, 0.25) is 5.91 Å². The van der Waals surface area contributed by atoms with E-state index in [1.807, 2.05) is 44.7 Å². The lowest BCUT2D eigenvalue weighted by molar-refractivity contribution is -0.133. The lowest BCUT2D eigenvalue weighted by atomic mass is 9.96. The zero-order chi connectivity index (χ0) is 25.7. The first-order valence-electron chi connectivity index (χ1n) is 12.8. The van der Waals surface area contributed by atoms with Crippen molar-refractivity contribution in [1.82, 2.24) is 14.7 Å². The number of benzene rings is 2. The highest BCUT2D eigenvalue weighted by molar-refractivity contribution is 5.95. The molecule has 1 aliphatic heterocycles. The van der Waals surface area contributed by atoms with E-state index in [0.29, 0.717) is 37.4 Å². The Hall–Kier alpha value is -3.38. The van der Waals surface area contributed by atoms with E-state index < -0.39 is 0 Å². The fourth-order valence-corrected chi connectivity index (χ4v) is 5.08. The van der Waals surface area contributed by atoms with Crippen LogP contribution in [0, 0.1) is 13.8 Å². The highest BCUT2D eigenvalue weighted by Crippen LogP contribution is 2.29. The molecule has 0 N–H and O–H groups in total. The standard InChI is InChI=1S/C30H37N3O3/c1-22(2)33(30(35)27-21-23(3)36-24(27)4)16-15-28(34)31-17-19-32(20-18-31)29(25-11-7-5-8-12-25)26-13-9-6-10-14-26/h5-14,21-22,29H,15-20H2,1-4H3. The predicted octanol–water partition coefficient (Wildman–Crippen LogP) is 5.07. The van der Waals surface area contributed by atoms with Crippen LogP contribution in [0.3, 0.4) is 0 Å². The molecular weight excluding hydrogens is 450 g/mol. The zero-order valence-electron chi connectivity index (χ0n) is 21.8. The van der Waals surface area contributed by atoms with Gasteiger partial charge in [-0.25, -0.2) is 0 Å². The SMILES string of the molecule is Cc1cc(C(=O)N(CCC(=O)N2CCN(C(c3ccccc3)c3ccccc3)CC2)C(C)C)c(C)o1. The maximum atomic E-state index is 13.1. The Morgan fingerprint density at radius 2 is 1.44 bits per heavy atom. The zero-order valence-corrected chi connectivity index (χ0v) is 21.8. The van der Waals surface area contributed by atoms with Crippen LogP contribution in [0.25, 0.3) is 0 Å². The third-order valence-corrected chi connectivity index (χ3v) is 6.98. The van der Waals surface area contributed by atoms with Crippen molar-refractivity contribution in [3.8, 4) is 0 Å². The monoisotopic (exact) mass is 487 g/mol. The summed E-state index contributed by atoms with van der Waals surface area (Å²) in [5.74, 6) is 1.37. The van der Waals surface area contributed by atoms with Crippen LogP contribution in [0.2, 0.25) is 0 Å². The van der Waals surface area contributed by atoms with Crippen LogP contribution in [0.15, 0.2) is 71.1 Å². The quantitative estimate of drug-likeness (QED) is 0.445. The van der Waals surface area contributed by atoms with Crippen LogP contribution >= 0.6 is 0 Å². The summed E-state index contributed by atoms with van der Waals surface area (Å²) in [6.45, 7) is 11.0. The van der Waals surface area contributed by atoms with Gasteiger partial charge >= 0.3 is 0 Å². The number of amides is 2. The Kier molecular flexibility index (Phi) is 8.26. The first kappa shape index (κ1) is 25.7. The molecule has 4 rings (SSSR count). The molecule has 0 unspecified atom stereocenters. The smallest absolute Gasteiger partial charge is 0.257 e. The van der Waals surface area contributed by atoms with Crippen LogP contribution < -0.4 is 0 Å². The average molecular weight is 488 g/mol. The number of piperazine rings is 1. The lowest BCUT2D eigenvalue weighted by Crippen LogP contribution is -2.50. The maximum Gasteiger partial charge on any atom is 0.257 e. The second-order valence-electron chi connectivity index (χ2n) is 9.81. The largest absolute Gasteiger partial charge is 0.466 e. The van der Waals surface area contributed by atoms with Gasteiger partial charge in [-0.2, -0.15) is 0 Å². The summed E-state index contributed by atoms with van der Waals surface area (Å²) in [5, 5.41) is 0. The van der Waals surface area contributed by atoms with E-state index in [0.717, 1.165) is 18.8 Å². The third kappa shape index (κ3) is 5.88. The normalized spacial score (nSPS) is 14.4. The van der Waals surface area contributed by atoms with E-state index in [4.69, 9.17) is 4.42 Å². The number of hydrogen-bond donors (Lipinski definition) is 0. The van der Waals surface area contributed by atoms with Gasteiger partial charge < -0.3 is 14.2 Å². The topological polar surface area (TPSA) is 57.0 Å². The molecule has 1 saturated heterocycles. The van der Waals surface area contributed by atoms with Crippen LogP contribution in [0.4, 0.5) is 0 Å². The molecule has 0 aliphatic carbocycles.